The Hall–Kier alpha value is -2.69. The van der Waals surface area contributed by atoms with E-state index in [1.165, 1.54) is 12.1 Å². The van der Waals surface area contributed by atoms with E-state index in [1.54, 1.807) is 12.1 Å². The Labute approximate surface area is 140 Å². The highest BCUT2D eigenvalue weighted by Crippen LogP contribution is 2.15. The summed E-state index contributed by atoms with van der Waals surface area (Å²) < 4.78 is 13.2. The molecule has 0 spiro atoms. The zero-order valence-corrected chi connectivity index (χ0v) is 13.8. The maximum Gasteiger partial charge on any atom is 0.240 e. The van der Waals surface area contributed by atoms with Crippen LogP contribution in [0.4, 0.5) is 4.39 Å². The average Bonchev–Trinajstić information content (AvgIpc) is 2.49. The summed E-state index contributed by atoms with van der Waals surface area (Å²) in [6, 6.07) is 10.9. The van der Waals surface area contributed by atoms with Crippen molar-refractivity contribution < 1.29 is 14.0 Å². The Kier molecular flexibility index (Phi) is 5.68. The molecule has 0 radical (unpaired) electrons. The quantitative estimate of drug-likeness (QED) is 0.853. The second-order valence-electron chi connectivity index (χ2n) is 5.90. The van der Waals surface area contributed by atoms with Crippen molar-refractivity contribution in [3.8, 4) is 0 Å². The smallest absolute Gasteiger partial charge is 0.240 e. The van der Waals surface area contributed by atoms with Gasteiger partial charge < -0.3 is 11.1 Å². The fourth-order valence-corrected chi connectivity index (χ4v) is 2.68. The summed E-state index contributed by atoms with van der Waals surface area (Å²) >= 11 is 0. The van der Waals surface area contributed by atoms with Crippen molar-refractivity contribution in [1.82, 2.24) is 5.32 Å². The second kappa shape index (κ2) is 7.73. The summed E-state index contributed by atoms with van der Waals surface area (Å²) in [6.07, 6.45) is 0.330. The molecule has 0 bridgehead atoms. The van der Waals surface area contributed by atoms with E-state index in [2.05, 4.69) is 5.32 Å². The van der Waals surface area contributed by atoms with Crippen LogP contribution in [0.1, 0.15) is 22.3 Å². The average molecular weight is 328 g/mol. The van der Waals surface area contributed by atoms with Crippen molar-refractivity contribution >= 4 is 11.8 Å². The molecule has 126 valence electrons. The van der Waals surface area contributed by atoms with Crippen molar-refractivity contribution in [2.45, 2.75) is 32.7 Å². The van der Waals surface area contributed by atoms with Crippen molar-refractivity contribution in [2.75, 3.05) is 0 Å². The number of carbonyl (C=O) groups excluding carboxylic acids is 2. The Morgan fingerprint density at radius 3 is 2.33 bits per heavy atom. The van der Waals surface area contributed by atoms with Crippen LogP contribution >= 0.6 is 0 Å². The van der Waals surface area contributed by atoms with E-state index in [4.69, 9.17) is 5.73 Å². The first-order chi connectivity index (χ1) is 11.4. The molecule has 0 aliphatic heterocycles. The van der Waals surface area contributed by atoms with Gasteiger partial charge in [-0.1, -0.05) is 30.3 Å². The van der Waals surface area contributed by atoms with Gasteiger partial charge in [0.25, 0.3) is 0 Å². The van der Waals surface area contributed by atoms with Crippen LogP contribution in [0.25, 0.3) is 0 Å². The van der Waals surface area contributed by atoms with Crippen LogP contribution in [-0.4, -0.2) is 17.9 Å². The molecule has 0 aromatic heterocycles. The van der Waals surface area contributed by atoms with E-state index < -0.39 is 17.8 Å². The molecule has 0 heterocycles. The molecule has 0 aliphatic rings. The molecule has 5 heteroatoms. The Morgan fingerprint density at radius 2 is 1.75 bits per heavy atom. The topological polar surface area (TPSA) is 72.2 Å². The Bertz CT molecular complexity index is 739. The monoisotopic (exact) mass is 328 g/mol. The molecule has 4 nitrogen and oxygen atoms in total. The first kappa shape index (κ1) is 17.7. The van der Waals surface area contributed by atoms with Crippen LogP contribution in [-0.2, 0) is 22.4 Å². The highest BCUT2D eigenvalue weighted by atomic mass is 19.1. The van der Waals surface area contributed by atoms with Crippen LogP contribution in [0.3, 0.4) is 0 Å². The van der Waals surface area contributed by atoms with Crippen molar-refractivity contribution in [1.29, 1.82) is 0 Å². The SMILES string of the molecule is Cc1cccc(C)c1C[C@H](NC(=O)Cc1cccc(F)c1)C(N)=O. The third kappa shape index (κ3) is 4.65. The first-order valence-corrected chi connectivity index (χ1v) is 7.75. The molecular formula is C19H21FN2O2. The fraction of sp³-hybridized carbons (Fsp3) is 0.263. The number of nitrogens with two attached hydrogens (primary N) is 1. The molecule has 24 heavy (non-hydrogen) atoms. The summed E-state index contributed by atoms with van der Waals surface area (Å²) in [5.41, 5.74) is 9.06. The van der Waals surface area contributed by atoms with Crippen LogP contribution in [0.2, 0.25) is 0 Å². The summed E-state index contributed by atoms with van der Waals surface area (Å²) in [5.74, 6) is -1.36. The van der Waals surface area contributed by atoms with E-state index >= 15 is 0 Å². The minimum Gasteiger partial charge on any atom is -0.368 e. The molecule has 2 rings (SSSR count). The van der Waals surface area contributed by atoms with Crippen molar-refractivity contribution in [2.24, 2.45) is 5.73 Å². The highest BCUT2D eigenvalue weighted by molar-refractivity contribution is 5.87. The second-order valence-corrected chi connectivity index (χ2v) is 5.90. The number of benzene rings is 2. The maximum absolute atomic E-state index is 13.2. The molecule has 0 saturated carbocycles. The lowest BCUT2D eigenvalue weighted by Crippen LogP contribution is -2.46. The predicted octanol–water partition coefficient (Wildman–Crippen LogP) is 2.20. The first-order valence-electron chi connectivity index (χ1n) is 7.75. The fourth-order valence-electron chi connectivity index (χ4n) is 2.68. The summed E-state index contributed by atoms with van der Waals surface area (Å²) in [4.78, 5) is 23.9. The number of carbonyl (C=O) groups is 2. The number of hydrogen-bond donors (Lipinski definition) is 2. The number of rotatable bonds is 6. The van der Waals surface area contributed by atoms with Crippen molar-refractivity contribution in [3.05, 3.63) is 70.5 Å². The van der Waals surface area contributed by atoms with E-state index in [0.717, 1.165) is 16.7 Å². The van der Waals surface area contributed by atoms with Crippen LogP contribution in [0.15, 0.2) is 42.5 Å². The van der Waals surface area contributed by atoms with Gasteiger partial charge >= 0.3 is 0 Å². The van der Waals surface area contributed by atoms with E-state index in [-0.39, 0.29) is 12.3 Å². The number of halogens is 1. The lowest BCUT2D eigenvalue weighted by Gasteiger charge is -2.18. The van der Waals surface area contributed by atoms with E-state index in [9.17, 15) is 14.0 Å². The number of aryl methyl sites for hydroxylation is 2. The summed E-state index contributed by atoms with van der Waals surface area (Å²) in [7, 11) is 0. The van der Waals surface area contributed by atoms with Gasteiger partial charge in [-0.2, -0.15) is 0 Å². The number of amides is 2. The zero-order valence-electron chi connectivity index (χ0n) is 13.8. The highest BCUT2D eigenvalue weighted by Gasteiger charge is 2.20. The van der Waals surface area contributed by atoms with E-state index in [0.29, 0.717) is 12.0 Å². The molecule has 0 aliphatic carbocycles. The molecule has 2 amide bonds. The normalized spacial score (nSPS) is 11.8. The third-order valence-corrected chi connectivity index (χ3v) is 3.99. The van der Waals surface area contributed by atoms with Crippen LogP contribution < -0.4 is 11.1 Å². The molecule has 2 aromatic rings. The van der Waals surface area contributed by atoms with Gasteiger partial charge in [0.2, 0.25) is 11.8 Å². The van der Waals surface area contributed by atoms with Gasteiger partial charge in [-0.05, 0) is 48.2 Å². The maximum atomic E-state index is 13.2. The predicted molar refractivity (Wildman–Crippen MR) is 90.8 cm³/mol. The number of nitrogens with one attached hydrogen (secondary N) is 1. The third-order valence-electron chi connectivity index (χ3n) is 3.99. The van der Waals surface area contributed by atoms with Gasteiger partial charge in [-0.25, -0.2) is 4.39 Å². The lowest BCUT2D eigenvalue weighted by atomic mass is 9.96. The molecule has 2 aromatic carbocycles. The van der Waals surface area contributed by atoms with Crippen LogP contribution in [0.5, 0.6) is 0 Å². The van der Waals surface area contributed by atoms with Gasteiger partial charge in [0.1, 0.15) is 11.9 Å². The summed E-state index contributed by atoms with van der Waals surface area (Å²) in [5, 5.41) is 2.65. The standard InChI is InChI=1S/C19H21FN2O2/c1-12-5-3-6-13(2)16(12)11-17(19(21)24)22-18(23)10-14-7-4-8-15(20)9-14/h3-9,17H,10-11H2,1-2H3,(H2,21,24)(H,22,23)/t17-/m0/s1. The minimum absolute atomic E-state index is 0.00566. The minimum atomic E-state index is -0.800. The number of hydrogen-bond acceptors (Lipinski definition) is 2. The van der Waals surface area contributed by atoms with Gasteiger partial charge in [-0.3, -0.25) is 9.59 Å². The van der Waals surface area contributed by atoms with Gasteiger partial charge in [-0.15, -0.1) is 0 Å². The van der Waals surface area contributed by atoms with Gasteiger partial charge in [0.05, 0.1) is 6.42 Å². The van der Waals surface area contributed by atoms with Gasteiger partial charge in [0, 0.05) is 6.42 Å². The molecule has 0 unspecified atom stereocenters. The molecule has 3 N–H and O–H groups in total. The van der Waals surface area contributed by atoms with Crippen molar-refractivity contribution in [3.63, 3.8) is 0 Å². The largest absolute Gasteiger partial charge is 0.368 e. The van der Waals surface area contributed by atoms with Gasteiger partial charge in [0.15, 0.2) is 0 Å². The van der Waals surface area contributed by atoms with Crippen LogP contribution in [0, 0.1) is 19.7 Å². The summed E-state index contributed by atoms with van der Waals surface area (Å²) in [6.45, 7) is 3.91. The molecule has 0 saturated heterocycles. The molecule has 0 fully saturated rings. The molecular weight excluding hydrogens is 307 g/mol. The molecule has 1 atom stereocenters. The zero-order chi connectivity index (χ0) is 17.7. The Balaban J connectivity index is 2.08. The Morgan fingerprint density at radius 1 is 1.12 bits per heavy atom. The lowest BCUT2D eigenvalue weighted by molar-refractivity contribution is -0.127. The van der Waals surface area contributed by atoms with E-state index in [1.807, 2.05) is 32.0 Å². The number of primary amides is 1.